The maximum absolute atomic E-state index is 11.4. The van der Waals surface area contributed by atoms with Crippen LogP contribution in [0.25, 0.3) is 0 Å². The molecule has 0 spiro atoms. The van der Waals surface area contributed by atoms with Crippen LogP contribution in [0.2, 0.25) is 0 Å². The molecule has 1 rings (SSSR count). The van der Waals surface area contributed by atoms with Crippen LogP contribution in [-0.2, 0) is 4.79 Å². The van der Waals surface area contributed by atoms with E-state index in [0.717, 1.165) is 5.69 Å². The molecule has 4 heteroatoms. The van der Waals surface area contributed by atoms with Gasteiger partial charge in [0.25, 0.3) is 0 Å². The van der Waals surface area contributed by atoms with E-state index in [1.54, 1.807) is 5.01 Å². The number of nitrogens with one attached hydrogen (secondary N) is 2. The Labute approximate surface area is 90.2 Å². The lowest BCUT2D eigenvalue weighted by atomic mass is 10.2. The molecule has 0 aliphatic heterocycles. The Balaban J connectivity index is 2.41. The lowest BCUT2D eigenvalue weighted by molar-refractivity contribution is -0.116. The predicted molar refractivity (Wildman–Crippen MR) is 61.5 cm³/mol. The lowest BCUT2D eigenvalue weighted by Gasteiger charge is -2.11. The van der Waals surface area contributed by atoms with Gasteiger partial charge in [-0.25, -0.2) is 5.43 Å². The largest absolute Gasteiger partial charge is 0.325 e. The number of nitrogens with zero attached hydrogens (tertiary/aromatic N) is 1. The third kappa shape index (κ3) is 4.58. The van der Waals surface area contributed by atoms with Gasteiger partial charge in [-0.2, -0.15) is 0 Å². The first kappa shape index (κ1) is 11.7. The summed E-state index contributed by atoms with van der Waals surface area (Å²) in [6.07, 6.45) is 0. The quantitative estimate of drug-likeness (QED) is 0.724. The molecule has 2 N–H and O–H groups in total. The van der Waals surface area contributed by atoms with E-state index in [2.05, 4.69) is 10.7 Å². The maximum atomic E-state index is 11.4. The van der Waals surface area contributed by atoms with Crippen LogP contribution in [0.4, 0.5) is 5.69 Å². The Bertz CT molecular complexity index is 319. The molecule has 0 aromatic heterocycles. The first-order chi connectivity index (χ1) is 7.08. The summed E-state index contributed by atoms with van der Waals surface area (Å²) >= 11 is 0. The summed E-state index contributed by atoms with van der Waals surface area (Å²) in [7, 11) is 3.69. The topological polar surface area (TPSA) is 44.4 Å². The fourth-order valence-corrected chi connectivity index (χ4v) is 1.07. The van der Waals surface area contributed by atoms with Gasteiger partial charge in [0.2, 0.25) is 5.91 Å². The molecule has 0 heterocycles. The Morgan fingerprint density at radius 1 is 1.27 bits per heavy atom. The van der Waals surface area contributed by atoms with E-state index in [1.807, 2.05) is 45.3 Å². The van der Waals surface area contributed by atoms with Crippen molar-refractivity contribution in [3.63, 3.8) is 0 Å². The van der Waals surface area contributed by atoms with Crippen molar-refractivity contribution in [1.82, 2.24) is 10.4 Å². The van der Waals surface area contributed by atoms with Crippen LogP contribution in [0.15, 0.2) is 24.3 Å². The first-order valence-electron chi connectivity index (χ1n) is 4.85. The van der Waals surface area contributed by atoms with Crippen LogP contribution >= 0.6 is 0 Å². The van der Waals surface area contributed by atoms with E-state index in [-0.39, 0.29) is 12.5 Å². The fourth-order valence-electron chi connectivity index (χ4n) is 1.07. The van der Waals surface area contributed by atoms with E-state index in [9.17, 15) is 4.79 Å². The number of anilines is 1. The molecule has 1 aromatic rings. The number of amides is 1. The third-order valence-corrected chi connectivity index (χ3v) is 1.89. The standard InChI is InChI=1S/C11H17N3O/c1-9-4-6-10(7-5-9)13-11(15)8-12-14(2)3/h4-7,12H,8H2,1-3H3,(H,13,15). The highest BCUT2D eigenvalue weighted by Gasteiger charge is 2.01. The fraction of sp³-hybridized carbons (Fsp3) is 0.364. The molecule has 0 bridgehead atoms. The van der Waals surface area contributed by atoms with Gasteiger partial charge in [-0.05, 0) is 19.1 Å². The molecule has 1 aromatic carbocycles. The minimum Gasteiger partial charge on any atom is -0.325 e. The summed E-state index contributed by atoms with van der Waals surface area (Å²) in [4.78, 5) is 11.4. The Hall–Kier alpha value is -1.39. The minimum atomic E-state index is -0.0486. The van der Waals surface area contributed by atoms with Crippen LogP contribution < -0.4 is 10.7 Å². The minimum absolute atomic E-state index is 0.0486. The molecule has 0 unspecified atom stereocenters. The number of hydrogen-bond acceptors (Lipinski definition) is 3. The Morgan fingerprint density at radius 2 is 1.87 bits per heavy atom. The van der Waals surface area contributed by atoms with Crippen molar-refractivity contribution in [1.29, 1.82) is 0 Å². The molecule has 0 saturated carbocycles. The zero-order valence-corrected chi connectivity index (χ0v) is 9.37. The summed E-state index contributed by atoms with van der Waals surface area (Å²) < 4.78 is 0. The van der Waals surface area contributed by atoms with Gasteiger partial charge < -0.3 is 5.32 Å². The van der Waals surface area contributed by atoms with Crippen molar-refractivity contribution in [2.75, 3.05) is 26.0 Å². The molecule has 0 radical (unpaired) electrons. The first-order valence-corrected chi connectivity index (χ1v) is 4.85. The second-order valence-corrected chi connectivity index (χ2v) is 3.64. The molecule has 1 amide bonds. The van der Waals surface area contributed by atoms with Gasteiger partial charge in [0.15, 0.2) is 0 Å². The highest BCUT2D eigenvalue weighted by Crippen LogP contribution is 2.07. The van der Waals surface area contributed by atoms with E-state index < -0.39 is 0 Å². The number of aryl methyl sites for hydroxylation is 1. The normalized spacial score (nSPS) is 10.4. The molecule has 0 saturated heterocycles. The molecule has 0 fully saturated rings. The third-order valence-electron chi connectivity index (χ3n) is 1.89. The van der Waals surface area contributed by atoms with Crippen molar-refractivity contribution < 1.29 is 4.79 Å². The molecule has 0 atom stereocenters. The molecule has 4 nitrogen and oxygen atoms in total. The zero-order valence-electron chi connectivity index (χ0n) is 9.37. The van der Waals surface area contributed by atoms with Gasteiger partial charge in [-0.3, -0.25) is 9.80 Å². The highest BCUT2D eigenvalue weighted by molar-refractivity contribution is 5.92. The lowest BCUT2D eigenvalue weighted by Crippen LogP contribution is -2.37. The molecule has 15 heavy (non-hydrogen) atoms. The van der Waals surface area contributed by atoms with Crippen LogP contribution in [0.5, 0.6) is 0 Å². The average molecular weight is 207 g/mol. The summed E-state index contributed by atoms with van der Waals surface area (Å²) in [6, 6.07) is 7.72. The van der Waals surface area contributed by atoms with Gasteiger partial charge in [0.1, 0.15) is 0 Å². The van der Waals surface area contributed by atoms with Crippen LogP contribution in [0, 0.1) is 6.92 Å². The monoisotopic (exact) mass is 207 g/mol. The van der Waals surface area contributed by atoms with Gasteiger partial charge in [0.05, 0.1) is 6.54 Å². The number of benzene rings is 1. The summed E-state index contributed by atoms with van der Waals surface area (Å²) in [5, 5.41) is 4.54. The summed E-state index contributed by atoms with van der Waals surface area (Å²) in [5.74, 6) is -0.0486. The van der Waals surface area contributed by atoms with Crippen LogP contribution in [0.1, 0.15) is 5.56 Å². The average Bonchev–Trinajstić information content (AvgIpc) is 2.19. The number of hydrazine groups is 1. The second-order valence-electron chi connectivity index (χ2n) is 3.64. The molecular formula is C11H17N3O. The van der Waals surface area contributed by atoms with Gasteiger partial charge in [0, 0.05) is 19.8 Å². The van der Waals surface area contributed by atoms with Crippen molar-refractivity contribution >= 4 is 11.6 Å². The smallest absolute Gasteiger partial charge is 0.239 e. The molecule has 82 valence electrons. The van der Waals surface area contributed by atoms with Gasteiger partial charge in [-0.15, -0.1) is 0 Å². The SMILES string of the molecule is Cc1ccc(NC(=O)CNN(C)C)cc1. The molecule has 0 aliphatic carbocycles. The van der Waals surface area contributed by atoms with Crippen molar-refractivity contribution in [3.05, 3.63) is 29.8 Å². The summed E-state index contributed by atoms with van der Waals surface area (Å²) in [5.41, 5.74) is 4.90. The number of rotatable bonds is 4. The van der Waals surface area contributed by atoms with Crippen molar-refractivity contribution in [3.8, 4) is 0 Å². The number of hydrogen-bond donors (Lipinski definition) is 2. The van der Waals surface area contributed by atoms with Gasteiger partial charge in [-0.1, -0.05) is 17.7 Å². The van der Waals surface area contributed by atoms with E-state index in [1.165, 1.54) is 5.56 Å². The van der Waals surface area contributed by atoms with Crippen LogP contribution in [0.3, 0.4) is 0 Å². The number of carbonyl (C=O) groups is 1. The second kappa shape index (κ2) is 5.48. The highest BCUT2D eigenvalue weighted by atomic mass is 16.2. The van der Waals surface area contributed by atoms with E-state index >= 15 is 0 Å². The van der Waals surface area contributed by atoms with E-state index in [4.69, 9.17) is 0 Å². The predicted octanol–water partition coefficient (Wildman–Crippen LogP) is 1.000. The van der Waals surface area contributed by atoms with Gasteiger partial charge >= 0.3 is 0 Å². The van der Waals surface area contributed by atoms with Crippen LogP contribution in [-0.4, -0.2) is 31.6 Å². The molecular weight excluding hydrogens is 190 g/mol. The Kier molecular flexibility index (Phi) is 4.27. The zero-order chi connectivity index (χ0) is 11.3. The van der Waals surface area contributed by atoms with E-state index in [0.29, 0.717) is 0 Å². The van der Waals surface area contributed by atoms with Crippen molar-refractivity contribution in [2.45, 2.75) is 6.92 Å². The Morgan fingerprint density at radius 3 is 2.40 bits per heavy atom. The van der Waals surface area contributed by atoms with Crippen molar-refractivity contribution in [2.24, 2.45) is 0 Å². The molecule has 0 aliphatic rings. The number of carbonyl (C=O) groups excluding carboxylic acids is 1. The summed E-state index contributed by atoms with van der Waals surface area (Å²) in [6.45, 7) is 2.29. The maximum Gasteiger partial charge on any atom is 0.239 e.